The topological polar surface area (TPSA) is 60.2 Å². The van der Waals surface area contributed by atoms with Gasteiger partial charge in [-0.05, 0) is 43.4 Å². The van der Waals surface area contributed by atoms with Crippen LogP contribution in [0.3, 0.4) is 0 Å². The third-order valence-corrected chi connectivity index (χ3v) is 5.21. The molecule has 0 amide bonds. The Morgan fingerprint density at radius 2 is 1.81 bits per heavy atom. The Labute approximate surface area is 96.6 Å². The van der Waals surface area contributed by atoms with Gasteiger partial charge in [0.1, 0.15) is 0 Å². The van der Waals surface area contributed by atoms with Gasteiger partial charge in [-0.25, -0.2) is 8.42 Å². The molecule has 3 nitrogen and oxygen atoms in total. The second kappa shape index (κ2) is 4.18. The maximum Gasteiger partial charge on any atom is 0.178 e. The van der Waals surface area contributed by atoms with Crippen LogP contribution in [0.25, 0.3) is 0 Å². The van der Waals surface area contributed by atoms with Crippen LogP contribution in [0, 0.1) is 5.41 Å². The molecule has 2 rings (SSSR count). The van der Waals surface area contributed by atoms with Gasteiger partial charge in [0.15, 0.2) is 9.84 Å². The van der Waals surface area contributed by atoms with E-state index >= 15 is 0 Å². The molecule has 1 aliphatic rings. The molecule has 0 aliphatic heterocycles. The van der Waals surface area contributed by atoms with Gasteiger partial charge in [-0.1, -0.05) is 18.2 Å². The van der Waals surface area contributed by atoms with Crippen molar-refractivity contribution in [3.63, 3.8) is 0 Å². The van der Waals surface area contributed by atoms with Gasteiger partial charge >= 0.3 is 0 Å². The van der Waals surface area contributed by atoms with Gasteiger partial charge in [-0.15, -0.1) is 0 Å². The van der Waals surface area contributed by atoms with Crippen molar-refractivity contribution in [1.29, 1.82) is 0 Å². The highest BCUT2D eigenvalue weighted by atomic mass is 32.2. The van der Waals surface area contributed by atoms with Gasteiger partial charge < -0.3 is 5.73 Å². The van der Waals surface area contributed by atoms with Crippen LogP contribution >= 0.6 is 0 Å². The molecule has 2 N–H and O–H groups in total. The average Bonchev–Trinajstić information content (AvgIpc) is 2.99. The summed E-state index contributed by atoms with van der Waals surface area (Å²) in [6, 6.07) is 8.66. The molecule has 88 valence electrons. The van der Waals surface area contributed by atoms with E-state index in [1.807, 2.05) is 6.07 Å². The highest BCUT2D eigenvalue weighted by molar-refractivity contribution is 7.91. The molecule has 1 fully saturated rings. The minimum absolute atomic E-state index is 0.0244. The molecule has 4 heteroatoms. The minimum Gasteiger partial charge on any atom is -0.330 e. The molecule has 16 heavy (non-hydrogen) atoms. The van der Waals surface area contributed by atoms with Crippen LogP contribution in [0.1, 0.15) is 19.3 Å². The fraction of sp³-hybridized carbons (Fsp3) is 0.500. The Kier molecular flexibility index (Phi) is 3.04. The summed E-state index contributed by atoms with van der Waals surface area (Å²) in [6.45, 7) is 0.574. The van der Waals surface area contributed by atoms with E-state index < -0.39 is 9.84 Å². The molecule has 1 aliphatic carbocycles. The van der Waals surface area contributed by atoms with Crippen molar-refractivity contribution in [3.8, 4) is 0 Å². The SMILES string of the molecule is NCCC1(CS(=O)(=O)c2ccccc2)CC1. The van der Waals surface area contributed by atoms with Gasteiger partial charge in [-0.3, -0.25) is 0 Å². The molecule has 1 saturated carbocycles. The normalized spacial score (nSPS) is 18.3. The third-order valence-electron chi connectivity index (χ3n) is 3.23. The lowest BCUT2D eigenvalue weighted by molar-refractivity contribution is 0.510. The summed E-state index contributed by atoms with van der Waals surface area (Å²) >= 11 is 0. The summed E-state index contributed by atoms with van der Waals surface area (Å²) in [5.74, 6) is 0.251. The van der Waals surface area contributed by atoms with Crippen molar-refractivity contribution < 1.29 is 8.42 Å². The summed E-state index contributed by atoms with van der Waals surface area (Å²) in [4.78, 5) is 0.429. The van der Waals surface area contributed by atoms with Crippen molar-refractivity contribution in [1.82, 2.24) is 0 Å². The quantitative estimate of drug-likeness (QED) is 0.848. The lowest BCUT2D eigenvalue weighted by atomic mass is 10.1. The third kappa shape index (κ3) is 2.44. The maximum atomic E-state index is 12.1. The van der Waals surface area contributed by atoms with Crippen LogP contribution < -0.4 is 5.73 Å². The Bertz CT molecular complexity index is 449. The number of hydrogen-bond acceptors (Lipinski definition) is 3. The standard InChI is InChI=1S/C12H17NO2S/c13-9-8-12(6-7-12)10-16(14,15)11-4-2-1-3-5-11/h1-5H,6-10,13H2. The molecule has 0 saturated heterocycles. The molecular formula is C12H17NO2S. The number of hydrogen-bond donors (Lipinski definition) is 1. The highest BCUT2D eigenvalue weighted by Crippen LogP contribution is 2.50. The lowest BCUT2D eigenvalue weighted by Gasteiger charge is -2.13. The second-order valence-corrected chi connectivity index (χ2v) is 6.60. The smallest absolute Gasteiger partial charge is 0.178 e. The zero-order valence-corrected chi connectivity index (χ0v) is 10.0. The van der Waals surface area contributed by atoms with Gasteiger partial charge in [-0.2, -0.15) is 0 Å². The van der Waals surface area contributed by atoms with E-state index in [9.17, 15) is 8.42 Å². The molecule has 0 heterocycles. The molecular weight excluding hydrogens is 222 g/mol. The molecule has 0 aromatic heterocycles. The monoisotopic (exact) mass is 239 g/mol. The van der Waals surface area contributed by atoms with E-state index in [2.05, 4.69) is 0 Å². The number of nitrogens with two attached hydrogens (primary N) is 1. The van der Waals surface area contributed by atoms with Crippen LogP contribution in [0.5, 0.6) is 0 Å². The summed E-state index contributed by atoms with van der Waals surface area (Å²) in [6.07, 6.45) is 2.81. The summed E-state index contributed by atoms with van der Waals surface area (Å²) < 4.78 is 24.2. The van der Waals surface area contributed by atoms with E-state index in [-0.39, 0.29) is 11.2 Å². The van der Waals surface area contributed by atoms with Crippen molar-refractivity contribution >= 4 is 9.84 Å². The van der Waals surface area contributed by atoms with Gasteiger partial charge in [0.05, 0.1) is 10.6 Å². The molecule has 1 aromatic rings. The maximum absolute atomic E-state index is 12.1. The molecule has 0 radical (unpaired) electrons. The summed E-state index contributed by atoms with van der Waals surface area (Å²) in [7, 11) is -3.13. The minimum atomic E-state index is -3.13. The highest BCUT2D eigenvalue weighted by Gasteiger charge is 2.45. The van der Waals surface area contributed by atoms with E-state index in [0.29, 0.717) is 11.4 Å². The molecule has 0 atom stereocenters. The number of rotatable bonds is 5. The van der Waals surface area contributed by atoms with E-state index in [0.717, 1.165) is 19.3 Å². The predicted octanol–water partition coefficient (Wildman–Crippen LogP) is 1.59. The molecule has 0 spiro atoms. The zero-order chi connectivity index (χ0) is 11.6. The van der Waals surface area contributed by atoms with Crippen molar-refractivity contribution in [2.45, 2.75) is 24.2 Å². The number of sulfone groups is 1. The van der Waals surface area contributed by atoms with Crippen molar-refractivity contribution in [2.24, 2.45) is 11.1 Å². The Morgan fingerprint density at radius 1 is 1.19 bits per heavy atom. The van der Waals surface area contributed by atoms with Crippen molar-refractivity contribution in [3.05, 3.63) is 30.3 Å². The van der Waals surface area contributed by atoms with Gasteiger partial charge in [0, 0.05) is 0 Å². The Morgan fingerprint density at radius 3 is 2.31 bits per heavy atom. The van der Waals surface area contributed by atoms with Crippen LogP contribution in [0.2, 0.25) is 0 Å². The Balaban J connectivity index is 2.16. The van der Waals surface area contributed by atoms with Crippen molar-refractivity contribution in [2.75, 3.05) is 12.3 Å². The van der Waals surface area contributed by atoms with Crippen LogP contribution in [0.4, 0.5) is 0 Å². The number of benzene rings is 1. The Hall–Kier alpha value is -0.870. The zero-order valence-electron chi connectivity index (χ0n) is 9.22. The van der Waals surface area contributed by atoms with Crippen LogP contribution in [-0.4, -0.2) is 20.7 Å². The predicted molar refractivity (Wildman–Crippen MR) is 63.8 cm³/mol. The molecule has 0 unspecified atom stereocenters. The summed E-state index contributed by atoms with van der Waals surface area (Å²) in [5.41, 5.74) is 5.49. The van der Waals surface area contributed by atoms with Gasteiger partial charge in [0.2, 0.25) is 0 Å². The van der Waals surface area contributed by atoms with E-state index in [1.54, 1.807) is 24.3 Å². The average molecular weight is 239 g/mol. The van der Waals surface area contributed by atoms with Crippen LogP contribution in [0.15, 0.2) is 35.2 Å². The summed E-state index contributed by atoms with van der Waals surface area (Å²) in [5, 5.41) is 0. The first kappa shape index (κ1) is 11.6. The first-order chi connectivity index (χ1) is 7.58. The fourth-order valence-corrected chi connectivity index (χ4v) is 4.04. The second-order valence-electron chi connectivity index (χ2n) is 4.61. The van der Waals surface area contributed by atoms with Crippen LogP contribution in [-0.2, 0) is 9.84 Å². The largest absolute Gasteiger partial charge is 0.330 e. The van der Waals surface area contributed by atoms with Gasteiger partial charge in [0.25, 0.3) is 0 Å². The van der Waals surface area contributed by atoms with E-state index in [4.69, 9.17) is 5.73 Å². The lowest BCUT2D eigenvalue weighted by Crippen LogP contribution is -2.20. The first-order valence-electron chi connectivity index (χ1n) is 5.56. The fourth-order valence-electron chi connectivity index (χ4n) is 2.06. The molecule has 0 bridgehead atoms. The molecule has 1 aromatic carbocycles. The van der Waals surface area contributed by atoms with E-state index in [1.165, 1.54) is 0 Å². The first-order valence-corrected chi connectivity index (χ1v) is 7.21.